The van der Waals surface area contributed by atoms with Gasteiger partial charge in [0.25, 0.3) is 5.91 Å². The fourth-order valence-electron chi connectivity index (χ4n) is 2.83. The number of amides is 1. The highest BCUT2D eigenvalue weighted by atomic mass is 19.1. The van der Waals surface area contributed by atoms with E-state index in [1.54, 1.807) is 12.0 Å². The summed E-state index contributed by atoms with van der Waals surface area (Å²) >= 11 is 0. The van der Waals surface area contributed by atoms with Gasteiger partial charge in [-0.3, -0.25) is 4.79 Å². The van der Waals surface area contributed by atoms with Crippen LogP contribution in [0.5, 0.6) is 5.75 Å². The molecule has 0 bridgehead atoms. The van der Waals surface area contributed by atoms with Crippen molar-refractivity contribution in [2.24, 2.45) is 0 Å². The van der Waals surface area contributed by atoms with E-state index in [0.717, 1.165) is 17.7 Å². The SMILES string of the molecule is COc1ccc(C[C@H]2CN(C(=O)c3ccc(F)cc3)CCO2)cc1. The molecule has 3 rings (SSSR count). The van der Waals surface area contributed by atoms with Gasteiger partial charge in [-0.05, 0) is 42.0 Å². The lowest BCUT2D eigenvalue weighted by molar-refractivity contribution is -0.0208. The number of methoxy groups -OCH3 is 1. The van der Waals surface area contributed by atoms with Gasteiger partial charge in [0, 0.05) is 25.1 Å². The standard InChI is InChI=1S/C19H20FNO3/c1-23-17-8-2-14(3-9-17)12-18-13-21(10-11-24-18)19(22)15-4-6-16(20)7-5-15/h2-9,18H,10-13H2,1H3/t18-/m0/s1. The van der Waals surface area contributed by atoms with E-state index in [2.05, 4.69) is 0 Å². The summed E-state index contributed by atoms with van der Waals surface area (Å²) in [6.45, 7) is 1.59. The van der Waals surface area contributed by atoms with E-state index in [1.165, 1.54) is 24.3 Å². The van der Waals surface area contributed by atoms with Crippen molar-refractivity contribution in [1.82, 2.24) is 4.90 Å². The zero-order chi connectivity index (χ0) is 16.9. The first-order valence-corrected chi connectivity index (χ1v) is 7.95. The number of hydrogen-bond acceptors (Lipinski definition) is 3. The van der Waals surface area contributed by atoms with E-state index < -0.39 is 0 Å². The van der Waals surface area contributed by atoms with Crippen molar-refractivity contribution in [3.63, 3.8) is 0 Å². The van der Waals surface area contributed by atoms with Gasteiger partial charge in [0.05, 0.1) is 19.8 Å². The van der Waals surface area contributed by atoms with Gasteiger partial charge in [0.15, 0.2) is 0 Å². The Kier molecular flexibility index (Phi) is 5.11. The smallest absolute Gasteiger partial charge is 0.254 e. The average molecular weight is 329 g/mol. The van der Waals surface area contributed by atoms with Crippen molar-refractivity contribution in [2.75, 3.05) is 26.8 Å². The summed E-state index contributed by atoms with van der Waals surface area (Å²) in [6.07, 6.45) is 0.688. The first-order valence-electron chi connectivity index (χ1n) is 7.95. The van der Waals surface area contributed by atoms with Gasteiger partial charge in [-0.15, -0.1) is 0 Å². The molecule has 0 N–H and O–H groups in total. The summed E-state index contributed by atoms with van der Waals surface area (Å²) in [5, 5.41) is 0. The second-order valence-electron chi connectivity index (χ2n) is 5.80. The Morgan fingerprint density at radius 2 is 1.92 bits per heavy atom. The number of rotatable bonds is 4. The van der Waals surface area contributed by atoms with Crippen molar-refractivity contribution in [1.29, 1.82) is 0 Å². The number of benzene rings is 2. The molecule has 24 heavy (non-hydrogen) atoms. The van der Waals surface area contributed by atoms with Crippen LogP contribution in [-0.4, -0.2) is 43.7 Å². The van der Waals surface area contributed by atoms with Gasteiger partial charge < -0.3 is 14.4 Å². The molecule has 0 saturated carbocycles. The third-order valence-corrected chi connectivity index (χ3v) is 4.14. The van der Waals surface area contributed by atoms with Gasteiger partial charge in [-0.1, -0.05) is 12.1 Å². The van der Waals surface area contributed by atoms with Gasteiger partial charge in [-0.25, -0.2) is 4.39 Å². The van der Waals surface area contributed by atoms with Crippen LogP contribution in [0.25, 0.3) is 0 Å². The number of carbonyl (C=O) groups excluding carboxylic acids is 1. The first kappa shape index (κ1) is 16.5. The fraction of sp³-hybridized carbons (Fsp3) is 0.316. The lowest BCUT2D eigenvalue weighted by atomic mass is 10.1. The van der Waals surface area contributed by atoms with Gasteiger partial charge in [0.1, 0.15) is 11.6 Å². The lowest BCUT2D eigenvalue weighted by Gasteiger charge is -2.33. The van der Waals surface area contributed by atoms with E-state index >= 15 is 0 Å². The molecule has 0 radical (unpaired) electrons. The topological polar surface area (TPSA) is 38.8 Å². The van der Waals surface area contributed by atoms with Crippen molar-refractivity contribution in [3.8, 4) is 5.75 Å². The lowest BCUT2D eigenvalue weighted by Crippen LogP contribution is -2.46. The largest absolute Gasteiger partial charge is 0.497 e. The van der Waals surface area contributed by atoms with Crippen LogP contribution in [0, 0.1) is 5.82 Å². The zero-order valence-corrected chi connectivity index (χ0v) is 13.6. The molecule has 1 aliphatic rings. The van der Waals surface area contributed by atoms with Crippen molar-refractivity contribution < 1.29 is 18.7 Å². The minimum atomic E-state index is -0.342. The van der Waals surface area contributed by atoms with Crippen molar-refractivity contribution in [3.05, 3.63) is 65.5 Å². The molecule has 1 atom stereocenters. The maximum Gasteiger partial charge on any atom is 0.254 e. The van der Waals surface area contributed by atoms with Crippen LogP contribution in [0.2, 0.25) is 0 Å². The van der Waals surface area contributed by atoms with Crippen molar-refractivity contribution in [2.45, 2.75) is 12.5 Å². The summed E-state index contributed by atoms with van der Waals surface area (Å²) in [5.74, 6) is 0.389. The van der Waals surface area contributed by atoms with E-state index in [-0.39, 0.29) is 17.8 Å². The monoisotopic (exact) mass is 329 g/mol. The molecule has 0 aliphatic carbocycles. The molecule has 0 unspecified atom stereocenters. The quantitative estimate of drug-likeness (QED) is 0.866. The zero-order valence-electron chi connectivity index (χ0n) is 13.6. The Morgan fingerprint density at radius 1 is 1.21 bits per heavy atom. The number of morpholine rings is 1. The highest BCUT2D eigenvalue weighted by molar-refractivity contribution is 5.94. The number of carbonyl (C=O) groups is 1. The maximum atomic E-state index is 13.0. The normalized spacial score (nSPS) is 17.6. The second-order valence-corrected chi connectivity index (χ2v) is 5.80. The molecule has 1 heterocycles. The number of nitrogens with zero attached hydrogens (tertiary/aromatic N) is 1. The molecule has 126 valence electrons. The van der Waals surface area contributed by atoms with E-state index in [0.29, 0.717) is 25.3 Å². The molecule has 1 aliphatic heterocycles. The third-order valence-electron chi connectivity index (χ3n) is 4.14. The van der Waals surface area contributed by atoms with Crippen LogP contribution in [0.4, 0.5) is 4.39 Å². The molecule has 2 aromatic carbocycles. The molecular formula is C19H20FNO3. The molecular weight excluding hydrogens is 309 g/mol. The molecule has 0 spiro atoms. The highest BCUT2D eigenvalue weighted by Gasteiger charge is 2.25. The molecule has 2 aromatic rings. The van der Waals surface area contributed by atoms with Crippen LogP contribution in [0.3, 0.4) is 0 Å². The minimum Gasteiger partial charge on any atom is -0.497 e. The number of halogens is 1. The highest BCUT2D eigenvalue weighted by Crippen LogP contribution is 2.17. The number of hydrogen-bond donors (Lipinski definition) is 0. The summed E-state index contributed by atoms with van der Waals surface area (Å²) < 4.78 is 23.9. The Hall–Kier alpha value is -2.40. The molecule has 1 amide bonds. The molecule has 5 heteroatoms. The Balaban J connectivity index is 1.63. The van der Waals surface area contributed by atoms with Crippen LogP contribution < -0.4 is 4.74 Å². The molecule has 4 nitrogen and oxygen atoms in total. The third kappa shape index (κ3) is 3.92. The predicted molar refractivity (Wildman–Crippen MR) is 88.7 cm³/mol. The fourth-order valence-corrected chi connectivity index (χ4v) is 2.83. The average Bonchev–Trinajstić information content (AvgIpc) is 2.63. The first-order chi connectivity index (χ1) is 11.7. The predicted octanol–water partition coefficient (Wildman–Crippen LogP) is 2.92. The van der Waals surface area contributed by atoms with Crippen LogP contribution in [0.1, 0.15) is 15.9 Å². The minimum absolute atomic E-state index is 0.0449. The summed E-state index contributed by atoms with van der Waals surface area (Å²) in [7, 11) is 1.64. The Bertz CT molecular complexity index is 685. The van der Waals surface area contributed by atoms with Gasteiger partial charge >= 0.3 is 0 Å². The summed E-state index contributed by atoms with van der Waals surface area (Å²) in [5.41, 5.74) is 1.64. The molecule has 0 aromatic heterocycles. The van der Waals surface area contributed by atoms with Crippen LogP contribution >= 0.6 is 0 Å². The van der Waals surface area contributed by atoms with Gasteiger partial charge in [-0.2, -0.15) is 0 Å². The van der Waals surface area contributed by atoms with E-state index in [9.17, 15) is 9.18 Å². The van der Waals surface area contributed by atoms with Crippen LogP contribution in [0.15, 0.2) is 48.5 Å². The molecule has 1 saturated heterocycles. The van der Waals surface area contributed by atoms with Crippen LogP contribution in [-0.2, 0) is 11.2 Å². The van der Waals surface area contributed by atoms with Gasteiger partial charge in [0.2, 0.25) is 0 Å². The second kappa shape index (κ2) is 7.45. The van der Waals surface area contributed by atoms with E-state index in [4.69, 9.17) is 9.47 Å². The van der Waals surface area contributed by atoms with E-state index in [1.807, 2.05) is 24.3 Å². The molecule has 1 fully saturated rings. The van der Waals surface area contributed by atoms with Crippen molar-refractivity contribution >= 4 is 5.91 Å². The Labute approximate surface area is 140 Å². The summed E-state index contributed by atoms with van der Waals surface area (Å²) in [6, 6.07) is 13.5. The Morgan fingerprint density at radius 3 is 2.58 bits per heavy atom. The maximum absolute atomic E-state index is 13.0. The number of ether oxygens (including phenoxy) is 2. The summed E-state index contributed by atoms with van der Waals surface area (Å²) in [4.78, 5) is 14.3.